The second kappa shape index (κ2) is 7.34. The van der Waals surface area contributed by atoms with Crippen molar-refractivity contribution in [2.24, 2.45) is 5.11 Å². The fourth-order valence-electron chi connectivity index (χ4n) is 1.25. The molecule has 8 nitrogen and oxygen atoms in total. The first kappa shape index (κ1) is 14.9. The number of carbonyl (C=O) groups is 1. The smallest absolute Gasteiger partial charge is 0.340 e. The molecule has 0 saturated heterocycles. The molecule has 0 atom stereocenters. The first-order valence-electron chi connectivity index (χ1n) is 5.34. The normalized spacial score (nSPS) is 10.9. The minimum absolute atomic E-state index is 0.0120. The zero-order valence-electron chi connectivity index (χ0n) is 10.5. The van der Waals surface area contributed by atoms with Crippen LogP contribution in [0, 0.1) is 10.1 Å². The standard InChI is InChI=1S/C12H10N4O4/c1-20-12(17)11(14-15-13)4-2-3-9-5-7-10(8-6-9)16(18)19/h2-8H,1H3/b3-2+,11-4-. The summed E-state index contributed by atoms with van der Waals surface area (Å²) < 4.78 is 4.43. The summed E-state index contributed by atoms with van der Waals surface area (Å²) in [6.45, 7) is 0. The molecule has 0 amide bonds. The van der Waals surface area contributed by atoms with Crippen molar-refractivity contribution in [3.05, 3.63) is 68.2 Å². The second-order valence-electron chi connectivity index (χ2n) is 3.44. The lowest BCUT2D eigenvalue weighted by molar-refractivity contribution is -0.384. The average Bonchev–Trinajstić information content (AvgIpc) is 2.46. The second-order valence-corrected chi connectivity index (χ2v) is 3.44. The average molecular weight is 274 g/mol. The van der Waals surface area contributed by atoms with Crippen molar-refractivity contribution < 1.29 is 14.5 Å². The van der Waals surface area contributed by atoms with Crippen molar-refractivity contribution >= 4 is 17.7 Å². The zero-order valence-corrected chi connectivity index (χ0v) is 10.5. The van der Waals surface area contributed by atoms with Crippen LogP contribution in [0.15, 0.2) is 47.2 Å². The van der Waals surface area contributed by atoms with Crippen LogP contribution >= 0.6 is 0 Å². The first-order valence-corrected chi connectivity index (χ1v) is 5.34. The third kappa shape index (κ3) is 4.28. The van der Waals surface area contributed by atoms with Gasteiger partial charge in [0, 0.05) is 17.0 Å². The van der Waals surface area contributed by atoms with E-state index in [1.54, 1.807) is 18.2 Å². The van der Waals surface area contributed by atoms with Crippen LogP contribution in [0.1, 0.15) is 5.56 Å². The maximum Gasteiger partial charge on any atom is 0.340 e. The Balaban J connectivity index is 2.88. The lowest BCUT2D eigenvalue weighted by atomic mass is 10.2. The van der Waals surface area contributed by atoms with Crippen LogP contribution in [-0.4, -0.2) is 18.0 Å². The molecule has 0 saturated carbocycles. The number of allylic oxidation sites excluding steroid dienone is 2. The van der Waals surface area contributed by atoms with Crippen LogP contribution in [0.3, 0.4) is 0 Å². The van der Waals surface area contributed by atoms with Gasteiger partial charge in [0.1, 0.15) is 5.70 Å². The highest BCUT2D eigenvalue weighted by Crippen LogP contribution is 2.13. The summed E-state index contributed by atoms with van der Waals surface area (Å²) >= 11 is 0. The van der Waals surface area contributed by atoms with Crippen LogP contribution in [0.4, 0.5) is 5.69 Å². The predicted molar refractivity (Wildman–Crippen MR) is 71.4 cm³/mol. The molecule has 0 bridgehead atoms. The number of nitro groups is 1. The molecule has 1 rings (SSSR count). The van der Waals surface area contributed by atoms with E-state index in [0.29, 0.717) is 5.56 Å². The Kier molecular flexibility index (Phi) is 5.49. The van der Waals surface area contributed by atoms with Crippen molar-refractivity contribution in [2.45, 2.75) is 0 Å². The molecule has 0 N–H and O–H groups in total. The van der Waals surface area contributed by atoms with Crippen LogP contribution in [0.5, 0.6) is 0 Å². The summed E-state index contributed by atoms with van der Waals surface area (Å²) in [7, 11) is 1.17. The number of methoxy groups -OCH3 is 1. The van der Waals surface area contributed by atoms with Crippen molar-refractivity contribution in [3.8, 4) is 0 Å². The molecule has 0 fully saturated rings. The quantitative estimate of drug-likeness (QED) is 0.120. The topological polar surface area (TPSA) is 118 Å². The van der Waals surface area contributed by atoms with E-state index in [2.05, 4.69) is 14.8 Å². The van der Waals surface area contributed by atoms with Crippen molar-refractivity contribution in [2.75, 3.05) is 7.11 Å². The molecule has 0 aromatic heterocycles. The summed E-state index contributed by atoms with van der Waals surface area (Å²) in [6.07, 6.45) is 4.36. The lowest BCUT2D eigenvalue weighted by Gasteiger charge is -1.96. The number of ether oxygens (including phenoxy) is 1. The highest BCUT2D eigenvalue weighted by molar-refractivity contribution is 5.88. The molecule has 0 spiro atoms. The Morgan fingerprint density at radius 3 is 2.60 bits per heavy atom. The number of nitrogens with zero attached hydrogens (tertiary/aromatic N) is 4. The molecule has 1 aromatic rings. The number of carbonyl (C=O) groups excluding carboxylic acids is 1. The fourth-order valence-corrected chi connectivity index (χ4v) is 1.25. The van der Waals surface area contributed by atoms with Crippen LogP contribution in [0.2, 0.25) is 0 Å². The number of azide groups is 1. The van der Waals surface area contributed by atoms with Crippen molar-refractivity contribution in [1.82, 2.24) is 0 Å². The third-order valence-corrected chi connectivity index (χ3v) is 2.19. The molecule has 0 aliphatic carbocycles. The summed E-state index contributed by atoms with van der Waals surface area (Å²) in [5.74, 6) is -0.754. The highest BCUT2D eigenvalue weighted by Gasteiger charge is 2.05. The molecular formula is C12H10N4O4. The zero-order chi connectivity index (χ0) is 15.0. The summed E-state index contributed by atoms with van der Waals surface area (Å²) in [5, 5.41) is 13.7. The lowest BCUT2D eigenvalue weighted by Crippen LogP contribution is -2.01. The Morgan fingerprint density at radius 1 is 1.45 bits per heavy atom. The molecule has 0 radical (unpaired) electrons. The van der Waals surface area contributed by atoms with Gasteiger partial charge in [-0.05, 0) is 29.3 Å². The van der Waals surface area contributed by atoms with Gasteiger partial charge in [0.05, 0.1) is 12.0 Å². The number of hydrogen-bond donors (Lipinski definition) is 0. The van der Waals surface area contributed by atoms with Gasteiger partial charge in [-0.2, -0.15) is 0 Å². The molecule has 102 valence electrons. The van der Waals surface area contributed by atoms with Gasteiger partial charge in [-0.1, -0.05) is 17.3 Å². The molecule has 20 heavy (non-hydrogen) atoms. The summed E-state index contributed by atoms with van der Waals surface area (Å²) in [5.41, 5.74) is 8.79. The van der Waals surface area contributed by atoms with Gasteiger partial charge in [0.25, 0.3) is 5.69 Å². The number of rotatable bonds is 5. The van der Waals surface area contributed by atoms with Crippen LogP contribution in [-0.2, 0) is 9.53 Å². The van der Waals surface area contributed by atoms with Gasteiger partial charge in [-0.25, -0.2) is 4.79 Å². The summed E-state index contributed by atoms with van der Waals surface area (Å²) in [6, 6.07) is 5.82. The molecule has 1 aromatic carbocycles. The molecular weight excluding hydrogens is 264 g/mol. The number of non-ortho nitro benzene ring substituents is 1. The van der Waals surface area contributed by atoms with Crippen molar-refractivity contribution in [3.63, 3.8) is 0 Å². The fraction of sp³-hybridized carbons (Fsp3) is 0.0833. The summed E-state index contributed by atoms with van der Waals surface area (Å²) in [4.78, 5) is 23.7. The maximum absolute atomic E-state index is 11.2. The van der Waals surface area contributed by atoms with Gasteiger partial charge in [-0.3, -0.25) is 10.1 Å². The van der Waals surface area contributed by atoms with Gasteiger partial charge in [0.15, 0.2) is 0 Å². The highest BCUT2D eigenvalue weighted by atomic mass is 16.6. The number of nitro benzene ring substituents is 1. The van der Waals surface area contributed by atoms with E-state index < -0.39 is 10.9 Å². The largest absolute Gasteiger partial charge is 0.466 e. The van der Waals surface area contributed by atoms with Crippen LogP contribution in [0.25, 0.3) is 16.5 Å². The number of benzene rings is 1. The molecule has 0 aliphatic rings. The monoisotopic (exact) mass is 274 g/mol. The van der Waals surface area contributed by atoms with Gasteiger partial charge >= 0.3 is 5.97 Å². The molecule has 0 heterocycles. The molecule has 0 unspecified atom stereocenters. The minimum atomic E-state index is -0.754. The van der Waals surface area contributed by atoms with E-state index in [4.69, 9.17) is 5.53 Å². The van der Waals surface area contributed by atoms with E-state index in [9.17, 15) is 14.9 Å². The Bertz CT molecular complexity index is 613. The van der Waals surface area contributed by atoms with Gasteiger partial charge < -0.3 is 4.74 Å². The van der Waals surface area contributed by atoms with Crippen molar-refractivity contribution in [1.29, 1.82) is 0 Å². The Labute approximate surface area is 113 Å². The SMILES string of the molecule is COC(=O)/C(=C/C=C/c1ccc([N+](=O)[O-])cc1)N=[N+]=[N-]. The predicted octanol–water partition coefficient (Wildman–Crippen LogP) is 2.98. The molecule has 0 aliphatic heterocycles. The van der Waals surface area contributed by atoms with E-state index in [1.807, 2.05) is 0 Å². The maximum atomic E-state index is 11.2. The Hall–Kier alpha value is -3.12. The van der Waals surface area contributed by atoms with Gasteiger partial charge in [0.2, 0.25) is 0 Å². The van der Waals surface area contributed by atoms with E-state index in [-0.39, 0.29) is 11.4 Å². The van der Waals surface area contributed by atoms with E-state index >= 15 is 0 Å². The van der Waals surface area contributed by atoms with E-state index in [1.165, 1.54) is 31.4 Å². The minimum Gasteiger partial charge on any atom is -0.466 e. The molecule has 8 heteroatoms. The Morgan fingerprint density at radius 2 is 2.10 bits per heavy atom. The van der Waals surface area contributed by atoms with Gasteiger partial charge in [-0.15, -0.1) is 0 Å². The number of esters is 1. The third-order valence-electron chi connectivity index (χ3n) is 2.19. The number of hydrogen-bond acceptors (Lipinski definition) is 5. The van der Waals surface area contributed by atoms with E-state index in [0.717, 1.165) is 0 Å². The van der Waals surface area contributed by atoms with Crippen LogP contribution < -0.4 is 0 Å². The first-order chi connectivity index (χ1) is 9.58.